The van der Waals surface area contributed by atoms with Crippen LogP contribution >= 0.6 is 43.2 Å². The van der Waals surface area contributed by atoms with E-state index in [1.165, 1.54) is 29.5 Å². The molecule has 0 radical (unpaired) electrons. The summed E-state index contributed by atoms with van der Waals surface area (Å²) in [5.74, 6) is -0.284. The van der Waals surface area contributed by atoms with Crippen molar-refractivity contribution in [1.29, 1.82) is 0 Å². The lowest BCUT2D eigenvalue weighted by atomic mass is 10.1. The van der Waals surface area contributed by atoms with Gasteiger partial charge in [0.25, 0.3) is 0 Å². The smallest absolute Gasteiger partial charge is 0.405 e. The zero-order valence-electron chi connectivity index (χ0n) is 9.75. The van der Waals surface area contributed by atoms with Gasteiger partial charge in [-0.3, -0.25) is 0 Å². The second kappa shape index (κ2) is 6.05. The van der Waals surface area contributed by atoms with Crippen LogP contribution in [0.5, 0.6) is 5.75 Å². The van der Waals surface area contributed by atoms with Crippen LogP contribution in [0.1, 0.15) is 16.5 Å². The van der Waals surface area contributed by atoms with Gasteiger partial charge in [-0.15, -0.1) is 24.5 Å². The van der Waals surface area contributed by atoms with Crippen LogP contribution in [-0.4, -0.2) is 6.36 Å². The molecule has 2 aromatic rings. The third kappa shape index (κ3) is 3.75. The van der Waals surface area contributed by atoms with Gasteiger partial charge in [-0.2, -0.15) is 0 Å². The summed E-state index contributed by atoms with van der Waals surface area (Å²) in [4.78, 5) is 0.724. The highest BCUT2D eigenvalue weighted by Gasteiger charge is 2.32. The first-order valence-corrected chi connectivity index (χ1v) is 7.73. The third-order valence-electron chi connectivity index (χ3n) is 2.45. The van der Waals surface area contributed by atoms with E-state index in [1.54, 1.807) is 12.1 Å². The molecule has 0 amide bonds. The maximum Gasteiger partial charge on any atom is 0.573 e. The van der Waals surface area contributed by atoms with Crippen LogP contribution in [0.3, 0.4) is 0 Å². The summed E-state index contributed by atoms with van der Waals surface area (Å²) < 4.78 is 42.8. The topological polar surface area (TPSA) is 35.2 Å². The Morgan fingerprint density at radius 3 is 2.40 bits per heavy atom. The van der Waals surface area contributed by atoms with Gasteiger partial charge < -0.3 is 10.5 Å². The fourth-order valence-corrected chi connectivity index (χ4v) is 3.74. The fourth-order valence-electron chi connectivity index (χ4n) is 1.62. The molecule has 108 valence electrons. The molecule has 1 unspecified atom stereocenters. The minimum absolute atomic E-state index is 0.283. The number of alkyl halides is 3. The van der Waals surface area contributed by atoms with Gasteiger partial charge in [0.2, 0.25) is 0 Å². The largest absolute Gasteiger partial charge is 0.573 e. The number of hydrogen-bond acceptors (Lipinski definition) is 3. The maximum absolute atomic E-state index is 12.4. The Morgan fingerprint density at radius 1 is 1.20 bits per heavy atom. The molecule has 0 bridgehead atoms. The zero-order valence-corrected chi connectivity index (χ0v) is 13.7. The number of ether oxygens (including phenoxy) is 1. The number of thiophene rings is 1. The first-order chi connectivity index (χ1) is 9.28. The Kier molecular flexibility index (Phi) is 4.78. The highest BCUT2D eigenvalue weighted by atomic mass is 79.9. The van der Waals surface area contributed by atoms with Gasteiger partial charge in [0.05, 0.1) is 9.83 Å². The molecule has 1 aromatic heterocycles. The molecule has 2 rings (SSSR count). The normalized spacial score (nSPS) is 13.3. The molecule has 1 atom stereocenters. The van der Waals surface area contributed by atoms with Crippen molar-refractivity contribution in [2.24, 2.45) is 5.73 Å². The van der Waals surface area contributed by atoms with Crippen LogP contribution in [0.15, 0.2) is 38.6 Å². The Morgan fingerprint density at radius 2 is 1.85 bits per heavy atom. The van der Waals surface area contributed by atoms with Gasteiger partial charge >= 0.3 is 6.36 Å². The number of rotatable bonds is 3. The number of nitrogens with two attached hydrogens (primary N) is 1. The summed E-state index contributed by atoms with van der Waals surface area (Å²) in [5, 5.41) is 0. The van der Waals surface area contributed by atoms with Crippen molar-refractivity contribution >= 4 is 43.2 Å². The number of halogens is 5. The summed E-state index contributed by atoms with van der Waals surface area (Å²) in [6.45, 7) is 0. The molecule has 2 N–H and O–H groups in total. The van der Waals surface area contributed by atoms with Crippen molar-refractivity contribution < 1.29 is 17.9 Å². The SMILES string of the molecule is NC(c1cc(Br)c(Br)s1)c1ccccc1OC(F)(F)F. The van der Waals surface area contributed by atoms with E-state index in [-0.39, 0.29) is 11.3 Å². The highest BCUT2D eigenvalue weighted by Crippen LogP contribution is 2.39. The molecule has 0 aliphatic carbocycles. The van der Waals surface area contributed by atoms with Crippen LogP contribution < -0.4 is 10.5 Å². The minimum atomic E-state index is -4.74. The molecule has 0 saturated heterocycles. The molecule has 2 nitrogen and oxygen atoms in total. The van der Waals surface area contributed by atoms with Gasteiger partial charge in [0, 0.05) is 14.9 Å². The highest BCUT2D eigenvalue weighted by molar-refractivity contribution is 9.13. The van der Waals surface area contributed by atoms with Gasteiger partial charge in [-0.1, -0.05) is 18.2 Å². The van der Waals surface area contributed by atoms with Crippen molar-refractivity contribution in [3.05, 3.63) is 49.0 Å². The zero-order chi connectivity index (χ0) is 14.9. The van der Waals surface area contributed by atoms with Crippen LogP contribution in [0.25, 0.3) is 0 Å². The van der Waals surface area contributed by atoms with E-state index in [0.717, 1.165) is 13.1 Å². The second-order valence-corrected chi connectivity index (χ2v) is 7.09. The Balaban J connectivity index is 2.37. The number of hydrogen-bond donors (Lipinski definition) is 1. The molecule has 8 heteroatoms. The quantitative estimate of drug-likeness (QED) is 0.724. The van der Waals surface area contributed by atoms with E-state index in [0.29, 0.717) is 0 Å². The monoisotopic (exact) mass is 429 g/mol. The van der Waals surface area contributed by atoms with Gasteiger partial charge in [-0.25, -0.2) is 0 Å². The Labute approximate surface area is 134 Å². The lowest BCUT2D eigenvalue weighted by molar-refractivity contribution is -0.274. The van der Waals surface area contributed by atoms with E-state index < -0.39 is 12.4 Å². The van der Waals surface area contributed by atoms with Crippen molar-refractivity contribution in [2.75, 3.05) is 0 Å². The first-order valence-electron chi connectivity index (χ1n) is 5.33. The van der Waals surface area contributed by atoms with Crippen molar-refractivity contribution in [1.82, 2.24) is 0 Å². The molecular weight excluding hydrogens is 423 g/mol. The second-order valence-electron chi connectivity index (χ2n) is 3.83. The van der Waals surface area contributed by atoms with Crippen LogP contribution in [0.2, 0.25) is 0 Å². The van der Waals surface area contributed by atoms with Crippen molar-refractivity contribution in [3.8, 4) is 5.75 Å². The Bertz CT molecular complexity index is 595. The standard InChI is InChI=1S/C12H8Br2F3NOS/c13-7-5-9(20-11(7)14)10(18)6-3-1-2-4-8(6)19-12(15,16)17/h1-5,10H,18H2. The molecule has 0 saturated carbocycles. The summed E-state index contributed by atoms with van der Waals surface area (Å²) in [7, 11) is 0. The Hall–Kier alpha value is -0.570. The van der Waals surface area contributed by atoms with E-state index in [2.05, 4.69) is 36.6 Å². The van der Waals surface area contributed by atoms with Crippen LogP contribution in [0.4, 0.5) is 13.2 Å². The van der Waals surface area contributed by atoms with Crippen molar-refractivity contribution in [2.45, 2.75) is 12.4 Å². The molecule has 0 aliphatic rings. The molecule has 0 aliphatic heterocycles. The van der Waals surface area contributed by atoms with Gasteiger partial charge in [0.1, 0.15) is 5.75 Å². The minimum Gasteiger partial charge on any atom is -0.405 e. The summed E-state index contributed by atoms with van der Waals surface area (Å²) in [5.41, 5.74) is 6.32. The van der Waals surface area contributed by atoms with E-state index in [4.69, 9.17) is 5.73 Å². The maximum atomic E-state index is 12.4. The predicted molar refractivity (Wildman–Crippen MR) is 78.9 cm³/mol. The van der Waals surface area contributed by atoms with Crippen molar-refractivity contribution in [3.63, 3.8) is 0 Å². The van der Waals surface area contributed by atoms with Gasteiger partial charge in [0.15, 0.2) is 0 Å². The summed E-state index contributed by atoms with van der Waals surface area (Å²) in [6, 6.07) is 6.94. The lowest BCUT2D eigenvalue weighted by Crippen LogP contribution is -2.20. The van der Waals surface area contributed by atoms with E-state index in [1.807, 2.05) is 0 Å². The molecule has 1 heterocycles. The molecule has 0 spiro atoms. The average Bonchev–Trinajstić information content (AvgIpc) is 2.67. The summed E-state index contributed by atoms with van der Waals surface area (Å²) >= 11 is 8.00. The molecule has 20 heavy (non-hydrogen) atoms. The molecule has 0 fully saturated rings. The molecule has 1 aromatic carbocycles. The third-order valence-corrected chi connectivity index (χ3v) is 5.79. The van der Waals surface area contributed by atoms with Crippen LogP contribution in [0, 0.1) is 0 Å². The predicted octanol–water partition coefficient (Wildman–Crippen LogP) is 5.22. The average molecular weight is 431 g/mol. The number of para-hydroxylation sites is 1. The van der Waals surface area contributed by atoms with Gasteiger partial charge in [-0.05, 0) is 44.0 Å². The van der Waals surface area contributed by atoms with E-state index in [9.17, 15) is 13.2 Å². The van der Waals surface area contributed by atoms with E-state index >= 15 is 0 Å². The molecular formula is C12H8Br2F3NOS. The lowest BCUT2D eigenvalue weighted by Gasteiger charge is -2.16. The fraction of sp³-hybridized carbons (Fsp3) is 0.167. The number of benzene rings is 1. The summed E-state index contributed by atoms with van der Waals surface area (Å²) in [6.07, 6.45) is -4.74. The first kappa shape index (κ1) is 15.8. The van der Waals surface area contributed by atoms with Crippen LogP contribution in [-0.2, 0) is 0 Å².